The molecule has 1 aliphatic rings. The minimum absolute atomic E-state index is 0.0322. The number of aromatic nitrogens is 1. The molecule has 1 aliphatic heterocycles. The second-order valence-electron chi connectivity index (χ2n) is 5.09. The number of piperazine rings is 1. The quantitative estimate of drug-likeness (QED) is 0.607. The first-order valence-corrected chi connectivity index (χ1v) is 7.14. The zero-order chi connectivity index (χ0) is 15.2. The first-order chi connectivity index (χ1) is 10.2. The van der Waals surface area contributed by atoms with Gasteiger partial charge < -0.3 is 4.90 Å². The number of nitrogens with zero attached hydrogens (tertiary/aromatic N) is 5. The maximum absolute atomic E-state index is 10.8. The number of nitro groups is 1. The van der Waals surface area contributed by atoms with Crippen LogP contribution < -0.4 is 4.90 Å². The molecule has 1 fully saturated rings. The molecule has 2 heterocycles. The molecule has 0 aromatic carbocycles. The van der Waals surface area contributed by atoms with Crippen LogP contribution in [0.25, 0.3) is 0 Å². The lowest BCUT2D eigenvalue weighted by Crippen LogP contribution is -2.50. The lowest BCUT2D eigenvalue weighted by molar-refractivity contribution is -0.384. The summed E-state index contributed by atoms with van der Waals surface area (Å²) in [5.74, 6) is 0.632. The third kappa shape index (κ3) is 3.67. The van der Waals surface area contributed by atoms with Crippen molar-refractivity contribution in [1.29, 1.82) is 5.26 Å². The number of hydrogen-bond acceptors (Lipinski definition) is 6. The van der Waals surface area contributed by atoms with Crippen molar-refractivity contribution < 1.29 is 4.92 Å². The number of hydrogen-bond donors (Lipinski definition) is 0. The van der Waals surface area contributed by atoms with E-state index in [1.54, 1.807) is 0 Å². The maximum atomic E-state index is 10.8. The Bertz CT molecular complexity index is 534. The summed E-state index contributed by atoms with van der Waals surface area (Å²) in [5.41, 5.74) is 0.0586. The molecule has 1 atom stereocenters. The third-order valence-electron chi connectivity index (χ3n) is 3.73. The Kier molecular flexibility index (Phi) is 5.06. The smallest absolute Gasteiger partial charge is 0.274 e. The average molecular weight is 289 g/mol. The van der Waals surface area contributed by atoms with Gasteiger partial charge in [0.15, 0.2) is 0 Å². The SMILES string of the molecule is CCCC(C#N)N1CCN(c2cc([N+](=O)[O-])ccn2)CC1. The minimum Gasteiger partial charge on any atom is -0.354 e. The standard InChI is InChI=1S/C14H19N5O2/c1-2-3-13(11-15)17-6-8-18(9-7-17)14-10-12(19(20)21)4-5-16-14/h4-5,10,13H,2-3,6-9H2,1H3. The van der Waals surface area contributed by atoms with Gasteiger partial charge in [-0.15, -0.1) is 0 Å². The molecule has 0 radical (unpaired) electrons. The highest BCUT2D eigenvalue weighted by molar-refractivity contribution is 5.47. The van der Waals surface area contributed by atoms with Gasteiger partial charge in [0.2, 0.25) is 0 Å². The van der Waals surface area contributed by atoms with Crippen molar-refractivity contribution in [2.45, 2.75) is 25.8 Å². The fourth-order valence-corrected chi connectivity index (χ4v) is 2.56. The van der Waals surface area contributed by atoms with E-state index in [2.05, 4.69) is 22.9 Å². The van der Waals surface area contributed by atoms with E-state index in [0.29, 0.717) is 5.82 Å². The van der Waals surface area contributed by atoms with Crippen LogP contribution >= 0.6 is 0 Å². The summed E-state index contributed by atoms with van der Waals surface area (Å²) in [7, 11) is 0. The van der Waals surface area contributed by atoms with Gasteiger partial charge in [-0.2, -0.15) is 5.26 Å². The Balaban J connectivity index is 1.99. The van der Waals surface area contributed by atoms with E-state index in [9.17, 15) is 15.4 Å². The highest BCUT2D eigenvalue weighted by Crippen LogP contribution is 2.20. The molecule has 1 aromatic heterocycles. The Morgan fingerprint density at radius 1 is 1.48 bits per heavy atom. The van der Waals surface area contributed by atoms with Crippen molar-refractivity contribution >= 4 is 11.5 Å². The van der Waals surface area contributed by atoms with Crippen LogP contribution in [0.4, 0.5) is 11.5 Å². The zero-order valence-corrected chi connectivity index (χ0v) is 12.1. The molecule has 1 saturated heterocycles. The Morgan fingerprint density at radius 3 is 2.76 bits per heavy atom. The zero-order valence-electron chi connectivity index (χ0n) is 12.1. The van der Waals surface area contributed by atoms with Crippen LogP contribution in [0.5, 0.6) is 0 Å². The minimum atomic E-state index is -0.408. The Morgan fingerprint density at radius 2 is 2.19 bits per heavy atom. The summed E-state index contributed by atoms with van der Waals surface area (Å²) in [5, 5.41) is 20.0. The third-order valence-corrected chi connectivity index (χ3v) is 3.73. The van der Waals surface area contributed by atoms with E-state index in [1.807, 2.05) is 4.90 Å². The molecule has 0 aliphatic carbocycles. The van der Waals surface area contributed by atoms with Crippen LogP contribution in [-0.4, -0.2) is 47.0 Å². The van der Waals surface area contributed by atoms with Crippen molar-refractivity contribution in [3.63, 3.8) is 0 Å². The van der Waals surface area contributed by atoms with Gasteiger partial charge in [-0.3, -0.25) is 15.0 Å². The Hall–Kier alpha value is -2.20. The number of nitriles is 1. The number of rotatable bonds is 5. The Labute approximate surface area is 123 Å². The molecular weight excluding hydrogens is 270 g/mol. The molecule has 0 N–H and O–H groups in total. The number of anilines is 1. The van der Waals surface area contributed by atoms with Crippen molar-refractivity contribution in [2.75, 3.05) is 31.1 Å². The molecule has 7 nitrogen and oxygen atoms in total. The molecule has 0 amide bonds. The van der Waals surface area contributed by atoms with Crippen LogP contribution in [-0.2, 0) is 0 Å². The summed E-state index contributed by atoms with van der Waals surface area (Å²) >= 11 is 0. The van der Waals surface area contributed by atoms with Crippen molar-refractivity contribution in [1.82, 2.24) is 9.88 Å². The normalized spacial score (nSPS) is 17.2. The first kappa shape index (κ1) is 15.2. The van der Waals surface area contributed by atoms with E-state index in [-0.39, 0.29) is 11.7 Å². The molecule has 7 heteroatoms. The second kappa shape index (κ2) is 6.99. The predicted molar refractivity (Wildman–Crippen MR) is 79.0 cm³/mol. The summed E-state index contributed by atoms with van der Waals surface area (Å²) in [6, 6.07) is 5.22. The molecule has 1 aromatic rings. The summed E-state index contributed by atoms with van der Waals surface area (Å²) < 4.78 is 0. The van der Waals surface area contributed by atoms with Crippen LogP contribution in [0, 0.1) is 21.4 Å². The van der Waals surface area contributed by atoms with Crippen LogP contribution in [0.15, 0.2) is 18.3 Å². The van der Waals surface area contributed by atoms with E-state index in [1.165, 1.54) is 18.3 Å². The average Bonchev–Trinajstić information content (AvgIpc) is 2.53. The second-order valence-corrected chi connectivity index (χ2v) is 5.09. The van der Waals surface area contributed by atoms with Crippen molar-refractivity contribution in [3.05, 3.63) is 28.4 Å². The van der Waals surface area contributed by atoms with E-state index in [0.717, 1.165) is 39.0 Å². The maximum Gasteiger partial charge on any atom is 0.274 e. The summed E-state index contributed by atoms with van der Waals surface area (Å²) in [6.07, 6.45) is 3.34. The molecule has 1 unspecified atom stereocenters. The summed E-state index contributed by atoms with van der Waals surface area (Å²) in [4.78, 5) is 18.8. The van der Waals surface area contributed by atoms with Gasteiger partial charge in [0.1, 0.15) is 5.82 Å². The van der Waals surface area contributed by atoms with Gasteiger partial charge in [0, 0.05) is 38.4 Å². The van der Waals surface area contributed by atoms with Crippen LogP contribution in [0.2, 0.25) is 0 Å². The largest absolute Gasteiger partial charge is 0.354 e. The fraction of sp³-hybridized carbons (Fsp3) is 0.571. The predicted octanol–water partition coefficient (Wildman–Crippen LogP) is 1.80. The fourth-order valence-electron chi connectivity index (χ4n) is 2.56. The molecule has 2 rings (SSSR count). The van der Waals surface area contributed by atoms with Crippen LogP contribution in [0.1, 0.15) is 19.8 Å². The molecule has 112 valence electrons. The first-order valence-electron chi connectivity index (χ1n) is 7.14. The highest BCUT2D eigenvalue weighted by Gasteiger charge is 2.24. The van der Waals surface area contributed by atoms with Crippen LogP contribution in [0.3, 0.4) is 0 Å². The lowest BCUT2D eigenvalue weighted by atomic mass is 10.1. The molecule has 0 saturated carbocycles. The lowest BCUT2D eigenvalue weighted by Gasteiger charge is -2.37. The monoisotopic (exact) mass is 289 g/mol. The molecular formula is C14H19N5O2. The molecule has 21 heavy (non-hydrogen) atoms. The topological polar surface area (TPSA) is 86.3 Å². The number of pyridine rings is 1. The van der Waals surface area contributed by atoms with Gasteiger partial charge in [-0.25, -0.2) is 4.98 Å². The van der Waals surface area contributed by atoms with Gasteiger partial charge in [-0.05, 0) is 6.42 Å². The van der Waals surface area contributed by atoms with Crippen molar-refractivity contribution in [2.24, 2.45) is 0 Å². The van der Waals surface area contributed by atoms with Gasteiger partial charge in [0.25, 0.3) is 5.69 Å². The van der Waals surface area contributed by atoms with Gasteiger partial charge >= 0.3 is 0 Å². The van der Waals surface area contributed by atoms with E-state index in [4.69, 9.17) is 0 Å². The highest BCUT2D eigenvalue weighted by atomic mass is 16.6. The summed E-state index contributed by atoms with van der Waals surface area (Å²) in [6.45, 7) is 5.10. The van der Waals surface area contributed by atoms with E-state index >= 15 is 0 Å². The van der Waals surface area contributed by atoms with Crippen molar-refractivity contribution in [3.8, 4) is 6.07 Å². The van der Waals surface area contributed by atoms with E-state index < -0.39 is 4.92 Å². The molecule has 0 spiro atoms. The van der Waals surface area contributed by atoms with Gasteiger partial charge in [0.05, 0.1) is 23.1 Å². The van der Waals surface area contributed by atoms with Gasteiger partial charge in [-0.1, -0.05) is 13.3 Å². The molecule has 0 bridgehead atoms.